The number of halogens is 1. The van der Waals surface area contributed by atoms with Gasteiger partial charge in [-0.2, -0.15) is 11.8 Å². The minimum absolute atomic E-state index is 0. The monoisotopic (exact) mass is 356 g/mol. The maximum absolute atomic E-state index is 12.4. The molecule has 130 valence electrons. The summed E-state index contributed by atoms with van der Waals surface area (Å²) in [6.07, 6.45) is 3.13. The van der Waals surface area contributed by atoms with Crippen LogP contribution in [0.15, 0.2) is 30.3 Å². The van der Waals surface area contributed by atoms with Crippen molar-refractivity contribution in [2.45, 2.75) is 32.1 Å². The van der Waals surface area contributed by atoms with E-state index in [9.17, 15) is 4.79 Å². The van der Waals surface area contributed by atoms with Crippen molar-refractivity contribution in [2.75, 3.05) is 31.1 Å². The van der Waals surface area contributed by atoms with Crippen LogP contribution in [0, 0.1) is 5.92 Å². The molecule has 1 aromatic rings. The van der Waals surface area contributed by atoms with Gasteiger partial charge in [-0.15, -0.1) is 12.4 Å². The van der Waals surface area contributed by atoms with Crippen LogP contribution < -0.4 is 5.73 Å². The molecular formula is C18H29ClN2OS. The van der Waals surface area contributed by atoms with Gasteiger partial charge < -0.3 is 10.6 Å². The lowest BCUT2D eigenvalue weighted by atomic mass is 9.89. The van der Waals surface area contributed by atoms with Crippen LogP contribution in [0.3, 0.4) is 0 Å². The van der Waals surface area contributed by atoms with Gasteiger partial charge in [0.1, 0.15) is 0 Å². The van der Waals surface area contributed by atoms with Gasteiger partial charge in [-0.25, -0.2) is 0 Å². The van der Waals surface area contributed by atoms with Crippen molar-refractivity contribution in [2.24, 2.45) is 11.7 Å². The minimum Gasteiger partial charge on any atom is -0.342 e. The normalized spacial score (nSPS) is 20.3. The molecule has 5 heteroatoms. The van der Waals surface area contributed by atoms with Gasteiger partial charge in [-0.1, -0.05) is 43.7 Å². The molecule has 0 aromatic heterocycles. The van der Waals surface area contributed by atoms with E-state index < -0.39 is 0 Å². The Labute approximate surface area is 150 Å². The Morgan fingerprint density at radius 3 is 2.65 bits per heavy atom. The van der Waals surface area contributed by atoms with Gasteiger partial charge in [0.15, 0.2) is 0 Å². The molecule has 23 heavy (non-hydrogen) atoms. The molecule has 0 unspecified atom stereocenters. The lowest BCUT2D eigenvalue weighted by Crippen LogP contribution is -2.30. The number of rotatable bonds is 8. The minimum atomic E-state index is 0. The Bertz CT molecular complexity index is 458. The Morgan fingerprint density at radius 2 is 2.00 bits per heavy atom. The fourth-order valence-corrected chi connectivity index (χ4v) is 4.07. The number of unbranched alkanes of at least 4 members (excludes halogenated alkanes) is 1. The van der Waals surface area contributed by atoms with Crippen LogP contribution in [0.1, 0.15) is 37.7 Å². The Balaban J connectivity index is 0.00000264. The maximum atomic E-state index is 12.4. The zero-order valence-electron chi connectivity index (χ0n) is 13.9. The summed E-state index contributed by atoms with van der Waals surface area (Å²) >= 11 is 1.90. The predicted octanol–water partition coefficient (Wildman–Crippen LogP) is 3.53. The Kier molecular flexibility index (Phi) is 9.68. The van der Waals surface area contributed by atoms with Gasteiger partial charge in [0.2, 0.25) is 5.91 Å². The highest BCUT2D eigenvalue weighted by Gasteiger charge is 2.34. The van der Waals surface area contributed by atoms with Crippen molar-refractivity contribution in [3.05, 3.63) is 35.9 Å². The SMILES string of the molecule is CCCCSCCC(=O)N1C[C@@H](CN)[C@H](c2ccccc2)C1.Cl. The van der Waals surface area contributed by atoms with Crippen molar-refractivity contribution in [1.82, 2.24) is 4.90 Å². The third-order valence-electron chi connectivity index (χ3n) is 4.43. The standard InChI is InChI=1S/C18H28N2OS.ClH/c1-2-3-10-22-11-9-18(21)20-13-16(12-19)17(14-20)15-7-5-4-6-8-15;/h4-8,16-17H,2-3,9-14,19H2,1H3;1H/t16-,17+;/m1./s1. The van der Waals surface area contributed by atoms with Crippen molar-refractivity contribution < 1.29 is 4.79 Å². The average molecular weight is 357 g/mol. The zero-order chi connectivity index (χ0) is 15.8. The van der Waals surface area contributed by atoms with Gasteiger partial charge in [-0.3, -0.25) is 4.79 Å². The van der Waals surface area contributed by atoms with E-state index in [0.29, 0.717) is 30.7 Å². The number of carbonyl (C=O) groups excluding carboxylic acids is 1. The number of carbonyl (C=O) groups is 1. The molecule has 0 radical (unpaired) electrons. The molecule has 2 N–H and O–H groups in total. The van der Waals surface area contributed by atoms with Crippen molar-refractivity contribution in [3.8, 4) is 0 Å². The van der Waals surface area contributed by atoms with E-state index in [1.165, 1.54) is 24.2 Å². The van der Waals surface area contributed by atoms with Crippen LogP contribution in [0.5, 0.6) is 0 Å². The molecule has 1 amide bonds. The third kappa shape index (κ3) is 6.02. The van der Waals surface area contributed by atoms with E-state index in [4.69, 9.17) is 5.73 Å². The number of thioether (sulfide) groups is 1. The molecule has 0 bridgehead atoms. The van der Waals surface area contributed by atoms with Crippen LogP contribution in [0.25, 0.3) is 0 Å². The highest BCUT2D eigenvalue weighted by atomic mass is 35.5. The highest BCUT2D eigenvalue weighted by Crippen LogP contribution is 2.32. The summed E-state index contributed by atoms with van der Waals surface area (Å²) in [6, 6.07) is 10.5. The molecular weight excluding hydrogens is 328 g/mol. The summed E-state index contributed by atoms with van der Waals surface area (Å²) in [5.74, 6) is 3.18. The molecule has 1 saturated heterocycles. The lowest BCUT2D eigenvalue weighted by molar-refractivity contribution is -0.129. The zero-order valence-corrected chi connectivity index (χ0v) is 15.6. The van der Waals surface area contributed by atoms with E-state index in [2.05, 4.69) is 31.2 Å². The molecule has 1 aromatic carbocycles. The van der Waals surface area contributed by atoms with E-state index >= 15 is 0 Å². The van der Waals surface area contributed by atoms with Crippen LogP contribution in [-0.4, -0.2) is 41.9 Å². The van der Waals surface area contributed by atoms with Gasteiger partial charge in [-0.05, 0) is 30.2 Å². The molecule has 1 aliphatic heterocycles. The molecule has 2 atom stereocenters. The van der Waals surface area contributed by atoms with Crippen LogP contribution in [-0.2, 0) is 4.79 Å². The van der Waals surface area contributed by atoms with Crippen molar-refractivity contribution in [1.29, 1.82) is 0 Å². The summed E-state index contributed by atoms with van der Waals surface area (Å²) < 4.78 is 0. The van der Waals surface area contributed by atoms with Crippen LogP contribution in [0.4, 0.5) is 0 Å². The molecule has 0 spiro atoms. The summed E-state index contributed by atoms with van der Waals surface area (Å²) in [7, 11) is 0. The van der Waals surface area contributed by atoms with Gasteiger partial charge in [0.05, 0.1) is 0 Å². The predicted molar refractivity (Wildman–Crippen MR) is 102 cm³/mol. The van der Waals surface area contributed by atoms with E-state index in [1.807, 2.05) is 22.7 Å². The third-order valence-corrected chi connectivity index (χ3v) is 5.50. The van der Waals surface area contributed by atoms with Crippen molar-refractivity contribution >= 4 is 30.1 Å². The first-order valence-corrected chi connectivity index (χ1v) is 9.52. The summed E-state index contributed by atoms with van der Waals surface area (Å²) in [5, 5.41) is 0. The van der Waals surface area contributed by atoms with Gasteiger partial charge in [0, 0.05) is 31.2 Å². The molecule has 1 fully saturated rings. The van der Waals surface area contributed by atoms with Gasteiger partial charge >= 0.3 is 0 Å². The number of nitrogens with two attached hydrogens (primary N) is 1. The first-order chi connectivity index (χ1) is 10.8. The summed E-state index contributed by atoms with van der Waals surface area (Å²) in [6.45, 7) is 4.49. The Hall–Kier alpha value is -0.710. The van der Waals surface area contributed by atoms with Gasteiger partial charge in [0.25, 0.3) is 0 Å². The molecule has 1 heterocycles. The quantitative estimate of drug-likeness (QED) is 0.725. The van der Waals surface area contributed by atoms with Crippen LogP contribution >= 0.6 is 24.2 Å². The summed E-state index contributed by atoms with van der Waals surface area (Å²) in [4.78, 5) is 14.4. The Morgan fingerprint density at radius 1 is 1.26 bits per heavy atom. The number of nitrogens with zero attached hydrogens (tertiary/aromatic N) is 1. The molecule has 3 nitrogen and oxygen atoms in total. The molecule has 0 aliphatic carbocycles. The number of likely N-dealkylation sites (tertiary alicyclic amines) is 1. The largest absolute Gasteiger partial charge is 0.342 e. The maximum Gasteiger partial charge on any atom is 0.223 e. The first kappa shape index (κ1) is 20.3. The topological polar surface area (TPSA) is 46.3 Å². The lowest BCUT2D eigenvalue weighted by Gasteiger charge is -2.16. The fraction of sp³-hybridized carbons (Fsp3) is 0.611. The van der Waals surface area contributed by atoms with Crippen molar-refractivity contribution in [3.63, 3.8) is 0 Å². The van der Waals surface area contributed by atoms with E-state index in [1.54, 1.807) is 0 Å². The molecule has 1 aliphatic rings. The smallest absolute Gasteiger partial charge is 0.223 e. The summed E-state index contributed by atoms with van der Waals surface area (Å²) in [5.41, 5.74) is 7.25. The molecule has 2 rings (SSSR count). The first-order valence-electron chi connectivity index (χ1n) is 8.36. The average Bonchev–Trinajstić information content (AvgIpc) is 3.00. The van der Waals surface area contributed by atoms with E-state index in [-0.39, 0.29) is 12.4 Å². The fourth-order valence-electron chi connectivity index (χ4n) is 3.06. The second kappa shape index (κ2) is 11.0. The molecule has 0 saturated carbocycles. The van der Waals surface area contributed by atoms with Crippen LogP contribution in [0.2, 0.25) is 0 Å². The second-order valence-corrected chi connectivity index (χ2v) is 7.25. The number of hydrogen-bond acceptors (Lipinski definition) is 3. The number of hydrogen-bond donors (Lipinski definition) is 1. The number of amides is 1. The highest BCUT2D eigenvalue weighted by molar-refractivity contribution is 7.99. The van der Waals surface area contributed by atoms with E-state index in [0.717, 1.165) is 18.8 Å². The number of benzene rings is 1. The second-order valence-electron chi connectivity index (χ2n) is 6.03.